The highest BCUT2D eigenvalue weighted by molar-refractivity contribution is 7.98. The molecule has 0 saturated carbocycles. The van der Waals surface area contributed by atoms with Gasteiger partial charge < -0.3 is 4.42 Å². The van der Waals surface area contributed by atoms with Gasteiger partial charge in [-0.25, -0.2) is 4.98 Å². The SMILES string of the molecule is CCCCCn1c(=O)c2ccccc2n2c(SCc3coc(-c4ccccc4)n3)nnc12. The van der Waals surface area contributed by atoms with Crippen LogP contribution in [0.4, 0.5) is 0 Å². The van der Waals surface area contributed by atoms with E-state index in [9.17, 15) is 4.79 Å². The maximum atomic E-state index is 13.1. The fourth-order valence-electron chi connectivity index (χ4n) is 3.77. The summed E-state index contributed by atoms with van der Waals surface area (Å²) in [5.41, 5.74) is 2.57. The van der Waals surface area contributed by atoms with Crippen LogP contribution in [-0.2, 0) is 12.3 Å². The zero-order valence-electron chi connectivity index (χ0n) is 17.8. The minimum absolute atomic E-state index is 0.0165. The monoisotopic (exact) mass is 445 g/mol. The number of nitrogens with zero attached hydrogens (tertiary/aromatic N) is 5. The van der Waals surface area contributed by atoms with Gasteiger partial charge in [0.15, 0.2) is 5.16 Å². The van der Waals surface area contributed by atoms with Crippen LogP contribution in [0.25, 0.3) is 28.1 Å². The number of oxazole rings is 1. The number of fused-ring (bicyclic) bond motifs is 3. The normalized spacial score (nSPS) is 11.5. The molecule has 0 atom stereocenters. The van der Waals surface area contributed by atoms with E-state index in [1.54, 1.807) is 10.8 Å². The lowest BCUT2D eigenvalue weighted by molar-refractivity contribution is 0.573. The topological polar surface area (TPSA) is 78.2 Å². The molecule has 5 rings (SSSR count). The zero-order chi connectivity index (χ0) is 21.9. The number of thioether (sulfide) groups is 1. The van der Waals surface area contributed by atoms with Gasteiger partial charge in [-0.05, 0) is 30.7 Å². The van der Waals surface area contributed by atoms with Gasteiger partial charge >= 0.3 is 0 Å². The Bertz CT molecular complexity index is 1420. The summed E-state index contributed by atoms with van der Waals surface area (Å²) < 4.78 is 9.38. The Balaban J connectivity index is 1.49. The van der Waals surface area contributed by atoms with Gasteiger partial charge in [-0.1, -0.05) is 61.9 Å². The van der Waals surface area contributed by atoms with E-state index in [0.29, 0.717) is 29.4 Å². The minimum Gasteiger partial charge on any atom is -0.444 e. The van der Waals surface area contributed by atoms with E-state index < -0.39 is 0 Å². The molecule has 162 valence electrons. The molecule has 0 aliphatic heterocycles. The Hall–Kier alpha value is -3.39. The summed E-state index contributed by atoms with van der Waals surface area (Å²) in [4.78, 5) is 17.7. The van der Waals surface area contributed by atoms with E-state index in [0.717, 1.165) is 41.2 Å². The summed E-state index contributed by atoms with van der Waals surface area (Å²) in [5.74, 6) is 1.76. The Labute approximate surface area is 189 Å². The van der Waals surface area contributed by atoms with Gasteiger partial charge in [0, 0.05) is 17.9 Å². The van der Waals surface area contributed by atoms with Gasteiger partial charge in [0.1, 0.15) is 6.26 Å². The number of benzene rings is 2. The standard InChI is InChI=1S/C24H23N5O2S/c1-2-3-9-14-28-22(30)19-12-7-8-13-20(19)29-23(28)26-27-24(29)32-16-18-15-31-21(25-18)17-10-5-4-6-11-17/h4-8,10-13,15H,2-3,9,14,16H2,1H3. The number of hydrogen-bond acceptors (Lipinski definition) is 6. The molecule has 32 heavy (non-hydrogen) atoms. The number of unbranched alkanes of at least 4 members (excludes halogenated alkanes) is 2. The van der Waals surface area contributed by atoms with Crippen LogP contribution in [0.15, 0.2) is 75.2 Å². The van der Waals surface area contributed by atoms with Gasteiger partial charge in [0.2, 0.25) is 11.7 Å². The molecule has 0 fully saturated rings. The highest BCUT2D eigenvalue weighted by Crippen LogP contribution is 2.26. The van der Waals surface area contributed by atoms with E-state index in [1.165, 1.54) is 11.8 Å². The van der Waals surface area contributed by atoms with Crippen molar-refractivity contribution in [1.29, 1.82) is 0 Å². The van der Waals surface area contributed by atoms with Crippen LogP contribution in [0, 0.1) is 0 Å². The van der Waals surface area contributed by atoms with Crippen LogP contribution >= 0.6 is 11.8 Å². The molecule has 0 aliphatic carbocycles. The lowest BCUT2D eigenvalue weighted by atomic mass is 10.2. The fraction of sp³-hybridized carbons (Fsp3) is 0.250. The van der Waals surface area contributed by atoms with Crippen molar-refractivity contribution in [3.8, 4) is 11.5 Å². The van der Waals surface area contributed by atoms with Gasteiger partial charge in [0.05, 0.1) is 16.6 Å². The second kappa shape index (κ2) is 9.00. The highest BCUT2D eigenvalue weighted by atomic mass is 32.2. The lowest BCUT2D eigenvalue weighted by Gasteiger charge is -2.10. The van der Waals surface area contributed by atoms with Crippen molar-refractivity contribution in [3.63, 3.8) is 0 Å². The van der Waals surface area contributed by atoms with Crippen LogP contribution in [0.3, 0.4) is 0 Å². The lowest BCUT2D eigenvalue weighted by Crippen LogP contribution is -2.23. The van der Waals surface area contributed by atoms with Crippen molar-refractivity contribution in [2.24, 2.45) is 0 Å². The zero-order valence-corrected chi connectivity index (χ0v) is 18.6. The van der Waals surface area contributed by atoms with Crippen LogP contribution < -0.4 is 5.56 Å². The Morgan fingerprint density at radius 3 is 2.66 bits per heavy atom. The first-order chi connectivity index (χ1) is 15.8. The third kappa shape index (κ3) is 3.82. The maximum absolute atomic E-state index is 13.1. The first-order valence-corrected chi connectivity index (χ1v) is 11.7. The molecule has 0 radical (unpaired) electrons. The first kappa shape index (κ1) is 20.5. The van der Waals surface area contributed by atoms with E-state index >= 15 is 0 Å². The molecule has 0 aliphatic rings. The first-order valence-electron chi connectivity index (χ1n) is 10.8. The van der Waals surface area contributed by atoms with E-state index in [2.05, 4.69) is 22.1 Å². The molecule has 5 aromatic rings. The third-order valence-corrected chi connectivity index (χ3v) is 6.35. The van der Waals surface area contributed by atoms with Gasteiger partial charge in [-0.2, -0.15) is 0 Å². The van der Waals surface area contributed by atoms with Crippen molar-refractivity contribution in [2.45, 2.75) is 43.6 Å². The van der Waals surface area contributed by atoms with Crippen LogP contribution in [0.5, 0.6) is 0 Å². The molecule has 0 unspecified atom stereocenters. The molecular formula is C24H23N5O2S. The minimum atomic E-state index is -0.0165. The molecule has 0 N–H and O–H groups in total. The third-order valence-electron chi connectivity index (χ3n) is 5.39. The molecule has 7 nitrogen and oxygen atoms in total. The molecule has 0 spiro atoms. The van der Waals surface area contributed by atoms with E-state index in [4.69, 9.17) is 4.42 Å². The second-order valence-electron chi connectivity index (χ2n) is 7.60. The molecule has 3 aromatic heterocycles. The summed E-state index contributed by atoms with van der Waals surface area (Å²) in [6.45, 7) is 2.78. The number of para-hydroxylation sites is 1. The van der Waals surface area contributed by atoms with Gasteiger partial charge in [-0.3, -0.25) is 13.8 Å². The number of aromatic nitrogens is 5. The van der Waals surface area contributed by atoms with Crippen LogP contribution in [0.1, 0.15) is 31.9 Å². The molecule has 0 bridgehead atoms. The smallest absolute Gasteiger partial charge is 0.262 e. The van der Waals surface area contributed by atoms with Crippen LogP contribution in [0.2, 0.25) is 0 Å². The second-order valence-corrected chi connectivity index (χ2v) is 8.54. The maximum Gasteiger partial charge on any atom is 0.262 e. The molecule has 0 saturated heterocycles. The average molecular weight is 446 g/mol. The summed E-state index contributed by atoms with van der Waals surface area (Å²) >= 11 is 1.53. The van der Waals surface area contributed by atoms with Crippen molar-refractivity contribution < 1.29 is 4.42 Å². The average Bonchev–Trinajstić information content (AvgIpc) is 3.48. The number of aryl methyl sites for hydroxylation is 1. The van der Waals surface area contributed by atoms with Crippen molar-refractivity contribution >= 4 is 28.4 Å². The summed E-state index contributed by atoms with van der Waals surface area (Å²) in [6, 6.07) is 17.5. The summed E-state index contributed by atoms with van der Waals surface area (Å²) in [6.07, 6.45) is 4.77. The van der Waals surface area contributed by atoms with Gasteiger partial charge in [0.25, 0.3) is 5.56 Å². The number of rotatable bonds is 8. The van der Waals surface area contributed by atoms with Gasteiger partial charge in [-0.15, -0.1) is 10.2 Å². The van der Waals surface area contributed by atoms with E-state index in [1.807, 2.05) is 59.0 Å². The Morgan fingerprint density at radius 1 is 1.00 bits per heavy atom. The molecule has 0 amide bonds. The quantitative estimate of drug-likeness (QED) is 0.242. The molecule has 2 aromatic carbocycles. The molecule has 8 heteroatoms. The fourth-order valence-corrected chi connectivity index (χ4v) is 4.59. The molecular weight excluding hydrogens is 422 g/mol. The predicted molar refractivity (Wildman–Crippen MR) is 126 cm³/mol. The van der Waals surface area contributed by atoms with Crippen molar-refractivity contribution in [3.05, 3.63) is 76.9 Å². The number of hydrogen-bond donors (Lipinski definition) is 0. The summed E-state index contributed by atoms with van der Waals surface area (Å²) in [7, 11) is 0. The van der Waals surface area contributed by atoms with Crippen molar-refractivity contribution in [1.82, 2.24) is 24.1 Å². The Morgan fingerprint density at radius 2 is 1.81 bits per heavy atom. The largest absolute Gasteiger partial charge is 0.444 e. The highest BCUT2D eigenvalue weighted by Gasteiger charge is 2.17. The predicted octanol–water partition coefficient (Wildman–Crippen LogP) is 5.18. The van der Waals surface area contributed by atoms with E-state index in [-0.39, 0.29) is 5.56 Å². The van der Waals surface area contributed by atoms with Crippen molar-refractivity contribution in [2.75, 3.05) is 0 Å². The van der Waals surface area contributed by atoms with Crippen LogP contribution in [-0.4, -0.2) is 24.1 Å². The molecule has 3 heterocycles. The Kier molecular flexibility index (Phi) is 5.77. The summed E-state index contributed by atoms with van der Waals surface area (Å²) in [5, 5.41) is 10.2.